The van der Waals surface area contributed by atoms with Gasteiger partial charge in [-0.25, -0.2) is 4.68 Å². The average Bonchev–Trinajstić information content (AvgIpc) is 3.02. The maximum Gasteiger partial charge on any atom is 0.231 e. The SMILES string of the molecule is C=CCN(C)C(=O)[C@H]1C[NH+]2CC[C@@H]1C[C@@H]2Cn1cc(COC)nn1. The molecule has 3 aliphatic heterocycles. The second-order valence-electron chi connectivity index (χ2n) is 7.07. The van der Waals surface area contributed by atoms with Crippen molar-refractivity contribution in [3.63, 3.8) is 0 Å². The van der Waals surface area contributed by atoms with Crippen molar-refractivity contribution in [2.45, 2.75) is 32.0 Å². The summed E-state index contributed by atoms with van der Waals surface area (Å²) >= 11 is 0. The van der Waals surface area contributed by atoms with E-state index < -0.39 is 0 Å². The van der Waals surface area contributed by atoms with Gasteiger partial charge in [-0.3, -0.25) is 4.79 Å². The van der Waals surface area contributed by atoms with Gasteiger partial charge in [0.2, 0.25) is 5.91 Å². The lowest BCUT2D eigenvalue weighted by Crippen LogP contribution is -3.20. The molecule has 7 nitrogen and oxygen atoms in total. The summed E-state index contributed by atoms with van der Waals surface area (Å²) < 4.78 is 7.02. The molecule has 0 radical (unpaired) electrons. The number of rotatable bonds is 7. The van der Waals surface area contributed by atoms with Gasteiger partial charge in [0.05, 0.1) is 38.4 Å². The molecule has 3 fully saturated rings. The van der Waals surface area contributed by atoms with E-state index >= 15 is 0 Å². The second-order valence-corrected chi connectivity index (χ2v) is 7.07. The Labute approximate surface area is 143 Å². The van der Waals surface area contributed by atoms with Crippen molar-refractivity contribution in [1.82, 2.24) is 19.9 Å². The summed E-state index contributed by atoms with van der Waals surface area (Å²) in [4.78, 5) is 16.0. The van der Waals surface area contributed by atoms with Gasteiger partial charge in [-0.1, -0.05) is 11.3 Å². The van der Waals surface area contributed by atoms with E-state index in [0.717, 1.165) is 38.2 Å². The molecule has 132 valence electrons. The van der Waals surface area contributed by atoms with E-state index in [1.807, 2.05) is 22.8 Å². The van der Waals surface area contributed by atoms with Crippen LogP contribution in [0.25, 0.3) is 0 Å². The molecule has 3 aliphatic rings. The smallest absolute Gasteiger partial charge is 0.231 e. The maximum atomic E-state index is 12.6. The van der Waals surface area contributed by atoms with Crippen LogP contribution in [0.15, 0.2) is 18.9 Å². The minimum Gasteiger partial charge on any atom is -0.378 e. The molecule has 1 aromatic rings. The Kier molecular flexibility index (Phi) is 5.30. The lowest BCUT2D eigenvalue weighted by molar-refractivity contribution is -0.945. The quantitative estimate of drug-likeness (QED) is 0.674. The van der Waals surface area contributed by atoms with E-state index in [1.54, 1.807) is 13.2 Å². The Balaban J connectivity index is 1.60. The Bertz CT molecular complexity index is 587. The first-order valence-corrected chi connectivity index (χ1v) is 8.70. The summed E-state index contributed by atoms with van der Waals surface area (Å²) in [5, 5.41) is 8.34. The predicted octanol–water partition coefficient (Wildman–Crippen LogP) is -0.638. The predicted molar refractivity (Wildman–Crippen MR) is 89.3 cm³/mol. The Morgan fingerprint density at radius 1 is 1.62 bits per heavy atom. The van der Waals surface area contributed by atoms with Crippen LogP contribution in [0.1, 0.15) is 18.5 Å². The van der Waals surface area contributed by atoms with Crippen LogP contribution in [-0.4, -0.2) is 65.6 Å². The molecule has 4 rings (SSSR count). The number of piperidine rings is 3. The number of methoxy groups -OCH3 is 1. The number of amides is 1. The first-order valence-electron chi connectivity index (χ1n) is 8.70. The van der Waals surface area contributed by atoms with Crippen molar-refractivity contribution in [2.75, 3.05) is 33.8 Å². The van der Waals surface area contributed by atoms with Crippen LogP contribution in [0.2, 0.25) is 0 Å². The fourth-order valence-corrected chi connectivity index (χ4v) is 4.24. The zero-order chi connectivity index (χ0) is 17.1. The molecule has 0 spiro atoms. The van der Waals surface area contributed by atoms with Gasteiger partial charge in [0, 0.05) is 33.5 Å². The highest BCUT2D eigenvalue weighted by Gasteiger charge is 2.47. The highest BCUT2D eigenvalue weighted by molar-refractivity contribution is 5.79. The summed E-state index contributed by atoms with van der Waals surface area (Å²) in [5.41, 5.74) is 0.863. The summed E-state index contributed by atoms with van der Waals surface area (Å²) in [6.45, 7) is 7.81. The molecule has 0 aromatic carbocycles. The maximum absolute atomic E-state index is 12.6. The van der Waals surface area contributed by atoms with Gasteiger partial charge in [0.25, 0.3) is 0 Å². The van der Waals surface area contributed by atoms with E-state index in [1.165, 1.54) is 4.90 Å². The van der Waals surface area contributed by atoms with Crippen LogP contribution < -0.4 is 4.90 Å². The number of nitrogens with one attached hydrogen (secondary N) is 1. The number of hydrogen-bond acceptors (Lipinski definition) is 4. The molecule has 7 heteroatoms. The zero-order valence-corrected chi connectivity index (χ0v) is 14.6. The third-order valence-electron chi connectivity index (χ3n) is 5.43. The minimum absolute atomic E-state index is 0.162. The number of carbonyl (C=O) groups is 1. The van der Waals surface area contributed by atoms with Gasteiger partial charge in [-0.05, 0) is 5.92 Å². The van der Waals surface area contributed by atoms with Crippen LogP contribution in [0.4, 0.5) is 0 Å². The molecule has 4 atom stereocenters. The highest BCUT2D eigenvalue weighted by atomic mass is 16.5. The minimum atomic E-state index is 0.162. The van der Waals surface area contributed by atoms with Gasteiger partial charge in [0.15, 0.2) is 0 Å². The molecule has 0 saturated carbocycles. The molecule has 1 amide bonds. The van der Waals surface area contributed by atoms with Gasteiger partial charge < -0.3 is 14.5 Å². The standard InChI is InChI=1S/C17H27N5O2/c1-4-6-20(2)17(23)16-11-21-7-5-13(16)8-15(21)10-22-9-14(12-24-3)18-19-22/h4,9,13,15-16H,1,5-8,10-12H2,2-3H3/p+1/t13-,15-,16+/m1/s1. The number of hydrogen-bond donors (Lipinski definition) is 1. The number of fused-ring (bicyclic) bond motifs is 3. The fraction of sp³-hybridized carbons (Fsp3) is 0.706. The van der Waals surface area contributed by atoms with Crippen molar-refractivity contribution in [1.29, 1.82) is 0 Å². The molecule has 3 saturated heterocycles. The third-order valence-corrected chi connectivity index (χ3v) is 5.43. The second kappa shape index (κ2) is 7.44. The van der Waals surface area contributed by atoms with Crippen molar-refractivity contribution in [3.8, 4) is 0 Å². The third kappa shape index (κ3) is 3.52. The average molecular weight is 334 g/mol. The number of ether oxygens (including phenoxy) is 1. The van der Waals surface area contributed by atoms with Crippen molar-refractivity contribution in [2.24, 2.45) is 11.8 Å². The van der Waals surface area contributed by atoms with E-state index in [9.17, 15) is 4.79 Å². The normalized spacial score (nSPS) is 28.8. The molecule has 0 aliphatic carbocycles. The van der Waals surface area contributed by atoms with Crippen LogP contribution in [-0.2, 0) is 22.7 Å². The molecular weight excluding hydrogens is 306 g/mol. The molecule has 1 unspecified atom stereocenters. The van der Waals surface area contributed by atoms with Crippen LogP contribution in [0, 0.1) is 11.8 Å². The first kappa shape index (κ1) is 17.1. The number of nitrogens with zero attached hydrogens (tertiary/aromatic N) is 4. The number of quaternary nitrogens is 1. The van der Waals surface area contributed by atoms with E-state index in [0.29, 0.717) is 25.1 Å². The number of carbonyl (C=O) groups excluding carboxylic acids is 1. The summed E-state index contributed by atoms with van der Waals surface area (Å²) in [6.07, 6.45) is 5.99. The summed E-state index contributed by atoms with van der Waals surface area (Å²) in [6, 6.07) is 0.523. The van der Waals surface area contributed by atoms with Crippen molar-refractivity contribution in [3.05, 3.63) is 24.5 Å². The lowest BCUT2D eigenvalue weighted by atomic mass is 9.75. The van der Waals surface area contributed by atoms with E-state index in [2.05, 4.69) is 16.9 Å². The molecule has 1 N–H and O–H groups in total. The Morgan fingerprint density at radius 3 is 3.12 bits per heavy atom. The van der Waals surface area contributed by atoms with Crippen LogP contribution >= 0.6 is 0 Å². The lowest BCUT2D eigenvalue weighted by Gasteiger charge is -2.46. The van der Waals surface area contributed by atoms with Crippen molar-refractivity contribution >= 4 is 5.91 Å². The Hall–Kier alpha value is -1.73. The Morgan fingerprint density at radius 2 is 2.46 bits per heavy atom. The number of likely N-dealkylation sites (N-methyl/N-ethyl adjacent to an activating group) is 1. The van der Waals surface area contributed by atoms with Gasteiger partial charge in [0.1, 0.15) is 11.7 Å². The molecule has 4 heterocycles. The zero-order valence-electron chi connectivity index (χ0n) is 14.6. The molecule has 24 heavy (non-hydrogen) atoms. The highest BCUT2D eigenvalue weighted by Crippen LogP contribution is 2.28. The molecule has 1 aromatic heterocycles. The van der Waals surface area contributed by atoms with Gasteiger partial charge >= 0.3 is 0 Å². The van der Waals surface area contributed by atoms with E-state index in [-0.39, 0.29) is 11.8 Å². The largest absolute Gasteiger partial charge is 0.378 e. The van der Waals surface area contributed by atoms with E-state index in [4.69, 9.17) is 4.74 Å². The summed E-state index contributed by atoms with van der Waals surface area (Å²) in [5.74, 6) is 0.933. The van der Waals surface area contributed by atoms with Crippen molar-refractivity contribution < 1.29 is 14.4 Å². The van der Waals surface area contributed by atoms with Crippen LogP contribution in [0.5, 0.6) is 0 Å². The topological polar surface area (TPSA) is 64.7 Å². The first-order chi connectivity index (χ1) is 11.6. The molecule has 2 bridgehead atoms. The van der Waals surface area contributed by atoms with Gasteiger partial charge in [-0.15, -0.1) is 11.7 Å². The van der Waals surface area contributed by atoms with Crippen LogP contribution in [0.3, 0.4) is 0 Å². The summed E-state index contributed by atoms with van der Waals surface area (Å²) in [7, 11) is 3.54. The fourth-order valence-electron chi connectivity index (χ4n) is 4.24. The monoisotopic (exact) mass is 334 g/mol. The molecular formula is C17H28N5O2+. The van der Waals surface area contributed by atoms with Gasteiger partial charge in [-0.2, -0.15) is 0 Å². The number of aromatic nitrogens is 3.